The van der Waals surface area contributed by atoms with Crippen LogP contribution in [0.15, 0.2) is 43.5 Å². The first-order valence-corrected chi connectivity index (χ1v) is 9.39. The van der Waals surface area contributed by atoms with Gasteiger partial charge in [-0.2, -0.15) is 0 Å². The third-order valence-electron chi connectivity index (χ3n) is 3.76. The molecule has 0 aliphatic carbocycles. The molecule has 2 N–H and O–H groups in total. The van der Waals surface area contributed by atoms with Crippen LogP contribution in [-0.4, -0.2) is 44.1 Å². The summed E-state index contributed by atoms with van der Waals surface area (Å²) in [7, 11) is 0. The first-order valence-electron chi connectivity index (χ1n) is 9.39. The van der Waals surface area contributed by atoms with Crippen LogP contribution in [0.25, 0.3) is 0 Å². The molecular formula is C21H27N2NaO6. The van der Waals surface area contributed by atoms with E-state index >= 15 is 0 Å². The predicted octanol–water partition coefficient (Wildman–Crippen LogP) is -2.02. The number of rotatable bonds is 15. The van der Waals surface area contributed by atoms with Crippen molar-refractivity contribution in [2.75, 3.05) is 26.3 Å². The van der Waals surface area contributed by atoms with Crippen LogP contribution in [0, 0.1) is 0 Å². The quantitative estimate of drug-likeness (QED) is 0.190. The number of amides is 2. The number of unbranched alkanes of at least 4 members (excludes halogenated alkanes) is 2. The van der Waals surface area contributed by atoms with E-state index in [9.17, 15) is 19.5 Å². The molecule has 8 nitrogen and oxygen atoms in total. The molecule has 30 heavy (non-hydrogen) atoms. The molecule has 9 heteroatoms. The minimum atomic E-state index is -1.32. The molecule has 0 bridgehead atoms. The Morgan fingerprint density at radius 2 is 1.27 bits per heavy atom. The molecule has 1 rings (SSSR count). The number of benzene rings is 1. The predicted molar refractivity (Wildman–Crippen MR) is 107 cm³/mol. The molecule has 1 aromatic carbocycles. The Balaban J connectivity index is 0.00000841. The molecule has 1 aromatic rings. The summed E-state index contributed by atoms with van der Waals surface area (Å²) in [4.78, 5) is 33.3. The van der Waals surface area contributed by atoms with Crippen LogP contribution in [0.5, 0.6) is 11.5 Å². The topological polar surface area (TPSA) is 117 Å². The Morgan fingerprint density at radius 1 is 0.833 bits per heavy atom. The second kappa shape index (κ2) is 16.5. The van der Waals surface area contributed by atoms with Gasteiger partial charge in [-0.25, -0.2) is 0 Å². The zero-order valence-electron chi connectivity index (χ0n) is 17.4. The fourth-order valence-corrected chi connectivity index (χ4v) is 2.26. The number of carboxylic acids is 1. The number of carboxylic acid groups (broad SMARTS) is 1. The molecule has 0 aliphatic heterocycles. The van der Waals surface area contributed by atoms with E-state index in [4.69, 9.17) is 9.47 Å². The van der Waals surface area contributed by atoms with Crippen LogP contribution < -0.4 is 54.8 Å². The Kier molecular flexibility index (Phi) is 15.2. The molecule has 0 aromatic heterocycles. The van der Waals surface area contributed by atoms with Crippen LogP contribution in [0.3, 0.4) is 0 Å². The molecule has 0 aliphatic rings. The van der Waals surface area contributed by atoms with Gasteiger partial charge in [0.2, 0.25) is 11.8 Å². The summed E-state index contributed by atoms with van der Waals surface area (Å²) in [6, 6.07) is 4.38. The first-order chi connectivity index (χ1) is 14.0. The van der Waals surface area contributed by atoms with Crippen LogP contribution >= 0.6 is 0 Å². The molecular weight excluding hydrogens is 399 g/mol. The minimum absolute atomic E-state index is 0. The van der Waals surface area contributed by atoms with Gasteiger partial charge in [0.25, 0.3) is 0 Å². The molecule has 0 saturated heterocycles. The second-order valence-corrected chi connectivity index (χ2v) is 6.08. The van der Waals surface area contributed by atoms with E-state index in [1.165, 1.54) is 24.3 Å². The van der Waals surface area contributed by atoms with Crippen LogP contribution in [0.2, 0.25) is 0 Å². The third-order valence-corrected chi connectivity index (χ3v) is 3.76. The van der Waals surface area contributed by atoms with Crippen molar-refractivity contribution in [1.29, 1.82) is 0 Å². The minimum Gasteiger partial charge on any atom is -0.545 e. The van der Waals surface area contributed by atoms with E-state index in [-0.39, 0.29) is 46.9 Å². The molecule has 2 amide bonds. The number of aromatic carboxylic acids is 1. The van der Waals surface area contributed by atoms with E-state index in [2.05, 4.69) is 23.8 Å². The Bertz CT molecular complexity index is 673. The van der Waals surface area contributed by atoms with Gasteiger partial charge in [-0.3, -0.25) is 9.59 Å². The fourth-order valence-electron chi connectivity index (χ4n) is 2.26. The summed E-state index contributed by atoms with van der Waals surface area (Å²) < 4.78 is 11.2. The maximum atomic E-state index is 11.2. The molecule has 0 atom stereocenters. The summed E-state index contributed by atoms with van der Waals surface area (Å²) in [5.74, 6) is -1.03. The van der Waals surface area contributed by atoms with Crippen molar-refractivity contribution in [3.8, 4) is 11.5 Å². The van der Waals surface area contributed by atoms with Gasteiger partial charge in [0.15, 0.2) is 0 Å². The number of carbonyl (C=O) groups excluding carboxylic acids is 3. The zero-order valence-corrected chi connectivity index (χ0v) is 19.4. The van der Waals surface area contributed by atoms with Crippen molar-refractivity contribution in [3.63, 3.8) is 0 Å². The van der Waals surface area contributed by atoms with Gasteiger partial charge < -0.3 is 30.0 Å². The molecule has 0 unspecified atom stereocenters. The van der Waals surface area contributed by atoms with Crippen molar-refractivity contribution < 1.29 is 58.5 Å². The largest absolute Gasteiger partial charge is 1.00 e. The summed E-state index contributed by atoms with van der Waals surface area (Å²) in [6.07, 6.45) is 5.21. The van der Waals surface area contributed by atoms with Crippen LogP contribution in [-0.2, 0) is 9.59 Å². The van der Waals surface area contributed by atoms with Gasteiger partial charge in [-0.05, 0) is 50.0 Å². The van der Waals surface area contributed by atoms with Crippen LogP contribution in [0.1, 0.15) is 36.0 Å². The smallest absolute Gasteiger partial charge is 0.545 e. The molecule has 0 saturated carbocycles. The Hall–Kier alpha value is -2.29. The monoisotopic (exact) mass is 426 g/mol. The van der Waals surface area contributed by atoms with E-state index in [0.29, 0.717) is 63.5 Å². The van der Waals surface area contributed by atoms with Crippen molar-refractivity contribution in [2.24, 2.45) is 0 Å². The standard InChI is InChI=1S/C21H28N2O6.Na/c1-3-19(24)22-9-5-7-11-28-17-13-16(21(26)27)14-18(15-17)29-12-8-6-10-23-20(25)4-2;/h3-4,13-15H,1-2,5-12H2,(H,22,24)(H,23,25)(H,26,27);/q;+1/p-1. The van der Waals surface area contributed by atoms with Crippen molar-refractivity contribution in [3.05, 3.63) is 49.1 Å². The van der Waals surface area contributed by atoms with Gasteiger partial charge in [0.1, 0.15) is 11.5 Å². The van der Waals surface area contributed by atoms with Crippen molar-refractivity contribution >= 4 is 17.8 Å². The number of hydrogen-bond donors (Lipinski definition) is 2. The molecule has 0 radical (unpaired) electrons. The van der Waals surface area contributed by atoms with Gasteiger partial charge >= 0.3 is 29.6 Å². The maximum absolute atomic E-state index is 11.2. The van der Waals surface area contributed by atoms with Gasteiger partial charge in [0, 0.05) is 24.7 Å². The fraction of sp³-hybridized carbons (Fsp3) is 0.381. The van der Waals surface area contributed by atoms with E-state index in [0.717, 1.165) is 0 Å². The van der Waals surface area contributed by atoms with Gasteiger partial charge in [-0.15, -0.1) is 0 Å². The number of ether oxygens (including phenoxy) is 2. The van der Waals surface area contributed by atoms with Crippen LogP contribution in [0.4, 0.5) is 0 Å². The van der Waals surface area contributed by atoms with E-state index in [1.54, 1.807) is 6.07 Å². The molecule has 0 spiro atoms. The summed E-state index contributed by atoms with van der Waals surface area (Å²) >= 11 is 0. The van der Waals surface area contributed by atoms with Gasteiger partial charge in [0.05, 0.1) is 19.2 Å². The summed E-state index contributed by atoms with van der Waals surface area (Å²) in [6.45, 7) is 8.49. The zero-order chi connectivity index (χ0) is 21.5. The summed E-state index contributed by atoms with van der Waals surface area (Å²) in [5.41, 5.74) is -0.0333. The van der Waals surface area contributed by atoms with Crippen molar-refractivity contribution in [2.45, 2.75) is 25.7 Å². The van der Waals surface area contributed by atoms with E-state index < -0.39 is 5.97 Å². The SMILES string of the molecule is C=CC(=O)NCCCCOc1cc(OCCCCNC(=O)C=C)cc(C(=O)[O-])c1.[Na+]. The summed E-state index contributed by atoms with van der Waals surface area (Å²) in [5, 5.41) is 16.5. The first kappa shape index (κ1) is 27.7. The van der Waals surface area contributed by atoms with E-state index in [1.807, 2.05) is 0 Å². The number of nitrogens with one attached hydrogen (secondary N) is 2. The molecule has 0 fully saturated rings. The maximum Gasteiger partial charge on any atom is 1.00 e. The molecule has 158 valence electrons. The average molecular weight is 426 g/mol. The van der Waals surface area contributed by atoms with Gasteiger partial charge in [-0.1, -0.05) is 13.2 Å². The Labute approximate surface area is 199 Å². The number of hydrogen-bond acceptors (Lipinski definition) is 6. The normalized spacial score (nSPS) is 9.60. The number of carbonyl (C=O) groups is 3. The third kappa shape index (κ3) is 12.3. The van der Waals surface area contributed by atoms with Crippen molar-refractivity contribution in [1.82, 2.24) is 10.6 Å². The second-order valence-electron chi connectivity index (χ2n) is 6.08. The average Bonchev–Trinajstić information content (AvgIpc) is 2.72. The molecule has 0 heterocycles. The Morgan fingerprint density at radius 3 is 1.63 bits per heavy atom.